The summed E-state index contributed by atoms with van der Waals surface area (Å²) in [6, 6.07) is 17.0. The molecule has 3 aromatic rings. The number of hydrogen-bond acceptors (Lipinski definition) is 5. The molecule has 2 N–H and O–H groups in total. The van der Waals surface area contributed by atoms with Crippen molar-refractivity contribution in [3.8, 4) is 0 Å². The van der Waals surface area contributed by atoms with Crippen molar-refractivity contribution < 1.29 is 14.6 Å². The SMILES string of the molecule is O=C(NCc1nc2ccccc2n1CC(O)CN1CCOCC1)c1ccccc1. The highest BCUT2D eigenvalue weighted by molar-refractivity contribution is 5.94. The molecule has 1 aromatic heterocycles. The van der Waals surface area contributed by atoms with Crippen LogP contribution in [0.4, 0.5) is 0 Å². The summed E-state index contributed by atoms with van der Waals surface area (Å²) in [5.41, 5.74) is 2.43. The molecule has 1 unspecified atom stereocenters. The quantitative estimate of drug-likeness (QED) is 0.637. The molecular formula is C22H26N4O3. The summed E-state index contributed by atoms with van der Waals surface area (Å²) >= 11 is 0. The number of morpholine rings is 1. The maximum atomic E-state index is 12.4. The largest absolute Gasteiger partial charge is 0.390 e. The fourth-order valence-electron chi connectivity index (χ4n) is 3.67. The lowest BCUT2D eigenvalue weighted by atomic mass is 10.2. The van der Waals surface area contributed by atoms with Gasteiger partial charge in [-0.3, -0.25) is 9.69 Å². The van der Waals surface area contributed by atoms with Crippen LogP contribution in [0.15, 0.2) is 54.6 Å². The molecule has 0 saturated carbocycles. The number of carbonyl (C=O) groups is 1. The number of nitrogens with zero attached hydrogens (tertiary/aromatic N) is 3. The summed E-state index contributed by atoms with van der Waals surface area (Å²) in [4.78, 5) is 19.3. The molecule has 1 atom stereocenters. The van der Waals surface area contributed by atoms with E-state index in [1.165, 1.54) is 0 Å². The second kappa shape index (κ2) is 9.17. The predicted molar refractivity (Wildman–Crippen MR) is 111 cm³/mol. The Hall–Kier alpha value is -2.74. The van der Waals surface area contributed by atoms with Crippen molar-refractivity contribution in [1.29, 1.82) is 0 Å². The van der Waals surface area contributed by atoms with Gasteiger partial charge in [-0.15, -0.1) is 0 Å². The van der Waals surface area contributed by atoms with Gasteiger partial charge in [-0.1, -0.05) is 30.3 Å². The zero-order chi connectivity index (χ0) is 20.1. The van der Waals surface area contributed by atoms with Gasteiger partial charge in [-0.25, -0.2) is 4.98 Å². The van der Waals surface area contributed by atoms with E-state index in [1.807, 2.05) is 47.0 Å². The minimum Gasteiger partial charge on any atom is -0.390 e. The van der Waals surface area contributed by atoms with Gasteiger partial charge in [0.15, 0.2) is 0 Å². The maximum absolute atomic E-state index is 12.4. The number of benzene rings is 2. The Morgan fingerprint density at radius 3 is 2.59 bits per heavy atom. The van der Waals surface area contributed by atoms with Gasteiger partial charge >= 0.3 is 0 Å². The van der Waals surface area contributed by atoms with Crippen molar-refractivity contribution in [2.24, 2.45) is 0 Å². The molecular weight excluding hydrogens is 368 g/mol. The molecule has 0 bridgehead atoms. The molecule has 1 aliphatic heterocycles. The van der Waals surface area contributed by atoms with Crippen molar-refractivity contribution in [3.05, 3.63) is 66.0 Å². The number of ether oxygens (including phenoxy) is 1. The number of aliphatic hydroxyl groups is 1. The van der Waals surface area contributed by atoms with E-state index in [9.17, 15) is 9.90 Å². The molecule has 2 aromatic carbocycles. The second-order valence-electron chi connectivity index (χ2n) is 7.24. The lowest BCUT2D eigenvalue weighted by molar-refractivity contribution is 0.0116. The normalized spacial score (nSPS) is 16.0. The van der Waals surface area contributed by atoms with E-state index >= 15 is 0 Å². The first kappa shape index (κ1) is 19.6. The molecule has 0 aliphatic carbocycles. The van der Waals surface area contributed by atoms with Crippen LogP contribution in [-0.2, 0) is 17.8 Å². The fourth-order valence-corrected chi connectivity index (χ4v) is 3.67. The van der Waals surface area contributed by atoms with Gasteiger partial charge in [0.05, 0.1) is 43.4 Å². The summed E-state index contributed by atoms with van der Waals surface area (Å²) in [7, 11) is 0. The third-order valence-electron chi connectivity index (χ3n) is 5.14. The van der Waals surface area contributed by atoms with Crippen LogP contribution >= 0.6 is 0 Å². The van der Waals surface area contributed by atoms with Crippen LogP contribution in [0.1, 0.15) is 16.2 Å². The molecule has 4 rings (SSSR count). The first-order chi connectivity index (χ1) is 14.2. The number of rotatable bonds is 7. The zero-order valence-corrected chi connectivity index (χ0v) is 16.3. The van der Waals surface area contributed by atoms with Gasteiger partial charge in [0, 0.05) is 25.2 Å². The van der Waals surface area contributed by atoms with E-state index in [4.69, 9.17) is 4.74 Å². The number of amides is 1. The van der Waals surface area contributed by atoms with Crippen molar-refractivity contribution in [2.75, 3.05) is 32.8 Å². The van der Waals surface area contributed by atoms with E-state index in [1.54, 1.807) is 12.1 Å². The Balaban J connectivity index is 1.48. The number of nitrogens with one attached hydrogen (secondary N) is 1. The number of aromatic nitrogens is 2. The van der Waals surface area contributed by atoms with Crippen molar-refractivity contribution in [2.45, 2.75) is 19.2 Å². The summed E-state index contributed by atoms with van der Waals surface area (Å²) in [5.74, 6) is 0.592. The van der Waals surface area contributed by atoms with Gasteiger partial charge < -0.3 is 19.7 Å². The highest BCUT2D eigenvalue weighted by atomic mass is 16.5. The van der Waals surface area contributed by atoms with Gasteiger partial charge in [0.25, 0.3) is 5.91 Å². The third-order valence-corrected chi connectivity index (χ3v) is 5.14. The van der Waals surface area contributed by atoms with Gasteiger partial charge in [-0.05, 0) is 24.3 Å². The minimum absolute atomic E-state index is 0.141. The highest BCUT2D eigenvalue weighted by Crippen LogP contribution is 2.17. The molecule has 1 aliphatic rings. The number of fused-ring (bicyclic) bond motifs is 1. The molecule has 152 valence electrons. The monoisotopic (exact) mass is 394 g/mol. The second-order valence-corrected chi connectivity index (χ2v) is 7.24. The molecule has 29 heavy (non-hydrogen) atoms. The average molecular weight is 394 g/mol. The maximum Gasteiger partial charge on any atom is 0.251 e. The number of para-hydroxylation sites is 2. The Bertz CT molecular complexity index is 951. The Morgan fingerprint density at radius 2 is 1.79 bits per heavy atom. The number of β-amino-alcohol motifs (C(OH)–C–C–N with tert-alkyl or cyclic N) is 1. The topological polar surface area (TPSA) is 79.6 Å². The van der Waals surface area contributed by atoms with Crippen LogP contribution in [0.2, 0.25) is 0 Å². The van der Waals surface area contributed by atoms with Gasteiger partial charge in [0.2, 0.25) is 0 Å². The van der Waals surface area contributed by atoms with Crippen LogP contribution in [0, 0.1) is 0 Å². The number of aliphatic hydroxyl groups excluding tert-OH is 1. The smallest absolute Gasteiger partial charge is 0.251 e. The zero-order valence-electron chi connectivity index (χ0n) is 16.3. The lowest BCUT2D eigenvalue weighted by Crippen LogP contribution is -2.42. The van der Waals surface area contributed by atoms with E-state index in [2.05, 4.69) is 15.2 Å². The molecule has 1 amide bonds. The van der Waals surface area contributed by atoms with Gasteiger partial charge in [-0.2, -0.15) is 0 Å². The fraction of sp³-hybridized carbons (Fsp3) is 0.364. The Kier molecular flexibility index (Phi) is 6.19. The Morgan fingerprint density at radius 1 is 1.07 bits per heavy atom. The van der Waals surface area contributed by atoms with Crippen molar-refractivity contribution in [1.82, 2.24) is 19.8 Å². The minimum atomic E-state index is -0.533. The average Bonchev–Trinajstić information content (AvgIpc) is 3.10. The summed E-state index contributed by atoms with van der Waals surface area (Å²) in [6.07, 6.45) is -0.533. The van der Waals surface area contributed by atoms with Crippen LogP contribution in [0.25, 0.3) is 11.0 Å². The number of carbonyl (C=O) groups excluding carboxylic acids is 1. The van der Waals surface area contributed by atoms with E-state index in [-0.39, 0.29) is 5.91 Å². The van der Waals surface area contributed by atoms with E-state index in [0.29, 0.717) is 38.4 Å². The number of hydrogen-bond donors (Lipinski definition) is 2. The Labute approximate surface area is 169 Å². The molecule has 1 fully saturated rings. The molecule has 0 spiro atoms. The number of imidazole rings is 1. The molecule has 1 saturated heterocycles. The van der Waals surface area contributed by atoms with Crippen LogP contribution in [0.3, 0.4) is 0 Å². The molecule has 7 nitrogen and oxygen atoms in total. The van der Waals surface area contributed by atoms with Crippen molar-refractivity contribution in [3.63, 3.8) is 0 Å². The van der Waals surface area contributed by atoms with E-state index in [0.717, 1.165) is 29.9 Å². The first-order valence-electron chi connectivity index (χ1n) is 9.96. The summed E-state index contributed by atoms with van der Waals surface area (Å²) in [5, 5.41) is 13.6. The third kappa shape index (κ3) is 4.82. The van der Waals surface area contributed by atoms with Crippen molar-refractivity contribution >= 4 is 16.9 Å². The highest BCUT2D eigenvalue weighted by Gasteiger charge is 2.18. The molecule has 0 radical (unpaired) electrons. The molecule has 2 heterocycles. The van der Waals surface area contributed by atoms with Crippen LogP contribution in [0.5, 0.6) is 0 Å². The van der Waals surface area contributed by atoms with Crippen LogP contribution in [-0.4, -0.2) is 64.4 Å². The summed E-state index contributed by atoms with van der Waals surface area (Å²) < 4.78 is 7.38. The molecule has 7 heteroatoms. The van der Waals surface area contributed by atoms with Gasteiger partial charge in [0.1, 0.15) is 5.82 Å². The van der Waals surface area contributed by atoms with Crippen LogP contribution < -0.4 is 5.32 Å². The predicted octanol–water partition coefficient (Wildman–Crippen LogP) is 1.66. The first-order valence-corrected chi connectivity index (χ1v) is 9.96. The van der Waals surface area contributed by atoms with E-state index < -0.39 is 6.10 Å². The standard InChI is InChI=1S/C22H26N4O3/c27-18(15-25-10-12-29-13-11-25)16-26-20-9-5-4-8-19(20)24-21(26)14-23-22(28)17-6-2-1-3-7-17/h1-9,18,27H,10-16H2,(H,23,28). The summed E-state index contributed by atoms with van der Waals surface area (Å²) in [6.45, 7) is 4.39. The lowest BCUT2D eigenvalue weighted by Gasteiger charge is -2.28.